The van der Waals surface area contributed by atoms with E-state index in [1.165, 1.54) is 0 Å². The van der Waals surface area contributed by atoms with Crippen molar-refractivity contribution in [3.63, 3.8) is 0 Å². The molecule has 0 radical (unpaired) electrons. The highest BCUT2D eigenvalue weighted by atomic mass is 35.5. The molecule has 0 amide bonds. The molecule has 0 spiro atoms. The number of anilines is 1. The van der Waals surface area contributed by atoms with Gasteiger partial charge in [-0.3, -0.25) is 0 Å². The zero-order valence-corrected chi connectivity index (χ0v) is 15.4. The minimum atomic E-state index is 0.157. The number of para-hydroxylation sites is 1. The van der Waals surface area contributed by atoms with Crippen molar-refractivity contribution in [3.8, 4) is 17.2 Å². The molecular formula is C19H9Cl3N4. The van der Waals surface area contributed by atoms with Gasteiger partial charge in [0.1, 0.15) is 22.6 Å². The Morgan fingerprint density at radius 3 is 2.31 bits per heavy atom. The Kier molecular flexibility index (Phi) is 4.08. The number of nitrogen functional groups attached to an aromatic ring is 1. The summed E-state index contributed by atoms with van der Waals surface area (Å²) < 4.78 is 0. The van der Waals surface area contributed by atoms with Gasteiger partial charge in [-0.25, -0.2) is 9.97 Å². The summed E-state index contributed by atoms with van der Waals surface area (Å²) in [4.78, 5) is 9.26. The highest BCUT2D eigenvalue weighted by molar-refractivity contribution is 6.37. The lowest BCUT2D eigenvalue weighted by Crippen LogP contribution is -2.01. The highest BCUT2D eigenvalue weighted by Gasteiger charge is 2.21. The van der Waals surface area contributed by atoms with Gasteiger partial charge in [-0.2, -0.15) is 5.26 Å². The quantitative estimate of drug-likeness (QED) is 0.321. The van der Waals surface area contributed by atoms with Gasteiger partial charge in [-0.05, 0) is 29.8 Å². The smallest absolute Gasteiger partial charge is 0.114 e. The van der Waals surface area contributed by atoms with Crippen LogP contribution in [0.15, 0.2) is 42.5 Å². The average molecular weight is 400 g/mol. The van der Waals surface area contributed by atoms with Crippen LogP contribution in [-0.4, -0.2) is 9.97 Å². The van der Waals surface area contributed by atoms with Crippen LogP contribution in [0.4, 0.5) is 5.69 Å². The van der Waals surface area contributed by atoms with Crippen LogP contribution in [0, 0.1) is 11.3 Å². The number of halogens is 3. The first-order valence-electron chi connectivity index (χ1n) is 7.54. The van der Waals surface area contributed by atoms with Gasteiger partial charge in [0.15, 0.2) is 0 Å². The van der Waals surface area contributed by atoms with Gasteiger partial charge >= 0.3 is 0 Å². The normalized spacial score (nSPS) is 11.0. The van der Waals surface area contributed by atoms with Gasteiger partial charge in [0.2, 0.25) is 0 Å². The lowest BCUT2D eigenvalue weighted by molar-refractivity contribution is 1.38. The lowest BCUT2D eigenvalue weighted by atomic mass is 9.99. The number of hydrogen-bond acceptors (Lipinski definition) is 4. The summed E-state index contributed by atoms with van der Waals surface area (Å²) in [5, 5.41) is 10.8. The fourth-order valence-electron chi connectivity index (χ4n) is 2.86. The zero-order chi connectivity index (χ0) is 18.4. The van der Waals surface area contributed by atoms with Crippen molar-refractivity contribution < 1.29 is 0 Å². The number of aromatic nitrogens is 2. The van der Waals surface area contributed by atoms with Gasteiger partial charge in [0.25, 0.3) is 0 Å². The van der Waals surface area contributed by atoms with Crippen LogP contribution in [0.1, 0.15) is 5.56 Å². The molecule has 126 valence electrons. The van der Waals surface area contributed by atoms with Crippen LogP contribution in [0.3, 0.4) is 0 Å². The fourth-order valence-corrected chi connectivity index (χ4v) is 3.54. The summed E-state index contributed by atoms with van der Waals surface area (Å²) in [5.41, 5.74) is 9.86. The second kappa shape index (κ2) is 6.30. The number of nitrogens with two attached hydrogens (primary N) is 1. The first-order chi connectivity index (χ1) is 12.5. The SMILES string of the molecule is N#Cc1c(Cl)c(-c2ccc(Cl)cc2)c2nc3cccc(Cl)c3nc2c1N. The Morgan fingerprint density at radius 1 is 0.885 bits per heavy atom. The van der Waals surface area contributed by atoms with E-state index in [1.807, 2.05) is 18.2 Å². The molecule has 1 heterocycles. The molecule has 0 unspecified atom stereocenters. The van der Waals surface area contributed by atoms with Crippen LogP contribution in [-0.2, 0) is 0 Å². The van der Waals surface area contributed by atoms with E-state index in [0.29, 0.717) is 37.7 Å². The van der Waals surface area contributed by atoms with Crippen molar-refractivity contribution in [1.29, 1.82) is 5.26 Å². The molecule has 7 heteroatoms. The molecule has 0 aliphatic heterocycles. The van der Waals surface area contributed by atoms with E-state index in [9.17, 15) is 5.26 Å². The predicted octanol–water partition coefficient (Wildman–Crippen LogP) is 5.86. The summed E-state index contributed by atoms with van der Waals surface area (Å²) in [5.74, 6) is 0. The van der Waals surface area contributed by atoms with E-state index < -0.39 is 0 Å². The molecule has 0 aliphatic rings. The lowest BCUT2D eigenvalue weighted by Gasteiger charge is -2.14. The molecule has 26 heavy (non-hydrogen) atoms. The van der Waals surface area contributed by atoms with Crippen molar-refractivity contribution in [2.24, 2.45) is 0 Å². The van der Waals surface area contributed by atoms with Crippen molar-refractivity contribution in [2.75, 3.05) is 5.73 Å². The molecule has 4 rings (SSSR count). The Hall–Kier alpha value is -2.58. The Morgan fingerprint density at radius 2 is 1.62 bits per heavy atom. The van der Waals surface area contributed by atoms with Crippen LogP contribution in [0.2, 0.25) is 15.1 Å². The van der Waals surface area contributed by atoms with Crippen LogP contribution in [0.25, 0.3) is 33.2 Å². The average Bonchev–Trinajstić information content (AvgIpc) is 2.63. The first kappa shape index (κ1) is 16.9. The minimum Gasteiger partial charge on any atom is -0.396 e. The summed E-state index contributed by atoms with van der Waals surface area (Å²) in [7, 11) is 0. The van der Waals surface area contributed by atoms with Crippen LogP contribution < -0.4 is 5.73 Å². The van der Waals surface area contributed by atoms with Crippen molar-refractivity contribution >= 4 is 62.6 Å². The third kappa shape index (κ3) is 2.53. The number of hydrogen-bond donors (Lipinski definition) is 1. The standard InChI is InChI=1S/C19H9Cl3N4/c20-10-6-4-9(5-7-10)14-15(22)11(8-23)16(24)19-18(14)25-13-3-1-2-12(21)17(13)26-19/h1-7H,24H2. The maximum Gasteiger partial charge on any atom is 0.114 e. The number of nitriles is 1. The molecule has 0 bridgehead atoms. The minimum absolute atomic E-state index is 0.157. The van der Waals surface area contributed by atoms with E-state index in [0.717, 1.165) is 5.56 Å². The largest absolute Gasteiger partial charge is 0.396 e. The monoisotopic (exact) mass is 398 g/mol. The first-order valence-corrected chi connectivity index (χ1v) is 8.67. The molecule has 0 saturated heterocycles. The molecular weight excluding hydrogens is 391 g/mol. The van der Waals surface area contributed by atoms with Crippen molar-refractivity contribution in [3.05, 3.63) is 63.1 Å². The summed E-state index contributed by atoms with van der Waals surface area (Å²) in [6.45, 7) is 0. The zero-order valence-electron chi connectivity index (χ0n) is 13.1. The molecule has 0 saturated carbocycles. The third-order valence-electron chi connectivity index (χ3n) is 4.09. The molecule has 4 nitrogen and oxygen atoms in total. The predicted molar refractivity (Wildman–Crippen MR) is 107 cm³/mol. The number of benzene rings is 3. The number of rotatable bonds is 1. The topological polar surface area (TPSA) is 75.6 Å². The third-order valence-corrected chi connectivity index (χ3v) is 5.03. The molecule has 2 N–H and O–H groups in total. The van der Waals surface area contributed by atoms with Crippen LogP contribution >= 0.6 is 34.8 Å². The van der Waals surface area contributed by atoms with E-state index in [-0.39, 0.29) is 16.3 Å². The maximum absolute atomic E-state index is 9.53. The molecule has 0 aliphatic carbocycles. The molecule has 0 fully saturated rings. The summed E-state index contributed by atoms with van der Waals surface area (Å²) in [6.07, 6.45) is 0. The van der Waals surface area contributed by atoms with Crippen LogP contribution in [0.5, 0.6) is 0 Å². The van der Waals surface area contributed by atoms with E-state index >= 15 is 0 Å². The summed E-state index contributed by atoms with van der Waals surface area (Å²) in [6, 6.07) is 14.5. The number of nitrogens with zero attached hydrogens (tertiary/aromatic N) is 3. The second-order valence-corrected chi connectivity index (χ2v) is 6.85. The Bertz CT molecular complexity index is 1230. The van der Waals surface area contributed by atoms with Gasteiger partial charge in [-0.1, -0.05) is 53.0 Å². The van der Waals surface area contributed by atoms with Gasteiger partial charge in [-0.15, -0.1) is 0 Å². The molecule has 0 atom stereocenters. The van der Waals surface area contributed by atoms with Crippen molar-refractivity contribution in [1.82, 2.24) is 9.97 Å². The van der Waals surface area contributed by atoms with Gasteiger partial charge in [0, 0.05) is 10.6 Å². The van der Waals surface area contributed by atoms with E-state index in [2.05, 4.69) is 16.0 Å². The van der Waals surface area contributed by atoms with E-state index in [1.54, 1.807) is 24.3 Å². The summed E-state index contributed by atoms with van der Waals surface area (Å²) >= 11 is 18.7. The van der Waals surface area contributed by atoms with Gasteiger partial charge in [0.05, 0.1) is 26.8 Å². The van der Waals surface area contributed by atoms with Crippen molar-refractivity contribution in [2.45, 2.75) is 0 Å². The fraction of sp³-hybridized carbons (Fsp3) is 0. The second-order valence-electron chi connectivity index (χ2n) is 5.62. The number of fused-ring (bicyclic) bond motifs is 2. The van der Waals surface area contributed by atoms with Gasteiger partial charge < -0.3 is 5.73 Å². The maximum atomic E-state index is 9.53. The Balaban J connectivity index is 2.22. The molecule has 3 aromatic carbocycles. The highest BCUT2D eigenvalue weighted by Crippen LogP contribution is 2.41. The van der Waals surface area contributed by atoms with E-state index in [4.69, 9.17) is 40.5 Å². The molecule has 1 aromatic heterocycles. The Labute approximate surface area is 163 Å². The molecule has 4 aromatic rings.